The van der Waals surface area contributed by atoms with E-state index in [1.807, 2.05) is 41.6 Å². The summed E-state index contributed by atoms with van der Waals surface area (Å²) in [6.07, 6.45) is 1.60. The summed E-state index contributed by atoms with van der Waals surface area (Å²) in [7, 11) is 3.46. The summed E-state index contributed by atoms with van der Waals surface area (Å²) < 4.78 is 18.5. The molecule has 0 radical (unpaired) electrons. The van der Waals surface area contributed by atoms with E-state index < -0.39 is 5.97 Å². The summed E-state index contributed by atoms with van der Waals surface area (Å²) in [6.45, 7) is 8.79. The number of amides is 1. The highest BCUT2D eigenvalue weighted by atomic mass is 32.1. The molecule has 1 aliphatic heterocycles. The average Bonchev–Trinajstić information content (AvgIpc) is 3.54. The number of methoxy groups -OCH3 is 1. The molecule has 0 unspecified atom stereocenters. The van der Waals surface area contributed by atoms with E-state index in [4.69, 9.17) is 14.2 Å². The number of nitrogens with zero attached hydrogens (tertiary/aromatic N) is 2. The molecule has 0 saturated carbocycles. The Kier molecular flexibility index (Phi) is 7.45. The van der Waals surface area contributed by atoms with E-state index in [0.717, 1.165) is 40.1 Å². The SMILES string of the molecule is CCOC(=O)COc1cc2c(cc1OC)CCn1c(C(=O)N(C)C(C)(C)CC)cc(-c3cccs3)c1-2. The van der Waals surface area contributed by atoms with Crippen LogP contribution in [-0.2, 0) is 22.5 Å². The maximum Gasteiger partial charge on any atom is 0.344 e. The normalized spacial score (nSPS) is 12.5. The minimum Gasteiger partial charge on any atom is -0.493 e. The molecule has 192 valence electrons. The van der Waals surface area contributed by atoms with Gasteiger partial charge in [0, 0.05) is 35.1 Å². The van der Waals surface area contributed by atoms with Crippen molar-refractivity contribution in [1.29, 1.82) is 0 Å². The molecule has 1 aliphatic rings. The zero-order valence-corrected chi connectivity index (χ0v) is 22.7. The summed E-state index contributed by atoms with van der Waals surface area (Å²) in [5.74, 6) is 0.598. The highest BCUT2D eigenvalue weighted by molar-refractivity contribution is 7.13. The van der Waals surface area contributed by atoms with Crippen molar-refractivity contribution in [3.63, 3.8) is 0 Å². The summed E-state index contributed by atoms with van der Waals surface area (Å²) in [4.78, 5) is 28.6. The largest absolute Gasteiger partial charge is 0.493 e. The van der Waals surface area contributed by atoms with Crippen LogP contribution in [0.15, 0.2) is 35.7 Å². The van der Waals surface area contributed by atoms with E-state index >= 15 is 0 Å². The minimum atomic E-state index is -0.436. The van der Waals surface area contributed by atoms with Crippen LogP contribution in [-0.4, -0.2) is 54.3 Å². The number of aromatic nitrogens is 1. The number of aryl methyl sites for hydroxylation is 1. The number of esters is 1. The lowest BCUT2D eigenvalue weighted by Crippen LogP contribution is -2.45. The lowest BCUT2D eigenvalue weighted by molar-refractivity contribution is -0.145. The summed E-state index contributed by atoms with van der Waals surface area (Å²) in [5, 5.41) is 2.04. The molecule has 3 heterocycles. The first-order valence-corrected chi connectivity index (χ1v) is 13.1. The number of rotatable bonds is 9. The van der Waals surface area contributed by atoms with Gasteiger partial charge < -0.3 is 23.7 Å². The number of thiophene rings is 1. The van der Waals surface area contributed by atoms with Crippen molar-refractivity contribution in [3.8, 4) is 33.2 Å². The van der Waals surface area contributed by atoms with Gasteiger partial charge in [-0.25, -0.2) is 4.79 Å². The second kappa shape index (κ2) is 10.4. The lowest BCUT2D eigenvalue weighted by atomic mass is 9.95. The molecule has 0 atom stereocenters. The maximum absolute atomic E-state index is 13.7. The van der Waals surface area contributed by atoms with Crippen LogP contribution < -0.4 is 9.47 Å². The van der Waals surface area contributed by atoms with Crippen molar-refractivity contribution in [2.75, 3.05) is 27.4 Å². The lowest BCUT2D eigenvalue weighted by Gasteiger charge is -2.35. The van der Waals surface area contributed by atoms with Crippen molar-refractivity contribution >= 4 is 23.2 Å². The van der Waals surface area contributed by atoms with Crippen molar-refractivity contribution in [3.05, 3.63) is 47.0 Å². The zero-order chi connectivity index (χ0) is 26.0. The zero-order valence-electron chi connectivity index (χ0n) is 21.8. The fraction of sp³-hybridized carbons (Fsp3) is 0.429. The Bertz CT molecular complexity index is 1260. The number of ether oxygens (including phenoxy) is 3. The van der Waals surface area contributed by atoms with Crippen LogP contribution >= 0.6 is 11.3 Å². The molecular weight excluding hydrogens is 476 g/mol. The van der Waals surface area contributed by atoms with Gasteiger partial charge >= 0.3 is 5.97 Å². The highest BCUT2D eigenvalue weighted by Gasteiger charge is 2.33. The molecule has 2 aromatic heterocycles. The Morgan fingerprint density at radius 3 is 2.56 bits per heavy atom. The van der Waals surface area contributed by atoms with Gasteiger partial charge in [-0.15, -0.1) is 11.3 Å². The molecule has 0 aliphatic carbocycles. The fourth-order valence-corrected chi connectivity index (χ4v) is 5.17. The molecule has 1 aromatic carbocycles. The first-order valence-electron chi connectivity index (χ1n) is 12.3. The second-order valence-corrected chi connectivity index (χ2v) is 10.4. The van der Waals surface area contributed by atoms with Crippen LogP contribution in [0.3, 0.4) is 0 Å². The number of hydrogen-bond donors (Lipinski definition) is 0. The van der Waals surface area contributed by atoms with Gasteiger partial charge in [0.1, 0.15) is 5.69 Å². The Morgan fingerprint density at radius 2 is 1.92 bits per heavy atom. The first-order chi connectivity index (χ1) is 17.2. The standard InChI is InChI=1S/C28H34N2O5S/c1-7-28(3,4)29(5)27(32)21-15-20(24-10-9-13-36-24)26-19-16-23(35-17-25(31)34-8-2)22(33-6)14-18(19)11-12-30(21)26/h9-10,13-16H,7-8,11-12,17H2,1-6H3. The third-order valence-electron chi connectivity index (χ3n) is 7.08. The third-order valence-corrected chi connectivity index (χ3v) is 7.98. The third kappa shape index (κ3) is 4.74. The number of carbonyl (C=O) groups excluding carboxylic acids is 2. The van der Waals surface area contributed by atoms with Gasteiger partial charge in [-0.05, 0) is 68.8 Å². The monoisotopic (exact) mass is 510 g/mol. The highest BCUT2D eigenvalue weighted by Crippen LogP contribution is 2.45. The van der Waals surface area contributed by atoms with Crippen LogP contribution in [0.4, 0.5) is 0 Å². The van der Waals surface area contributed by atoms with Gasteiger partial charge in [-0.3, -0.25) is 4.79 Å². The predicted molar refractivity (Wildman–Crippen MR) is 142 cm³/mol. The maximum atomic E-state index is 13.7. The van der Waals surface area contributed by atoms with Gasteiger partial charge in [0.25, 0.3) is 5.91 Å². The molecule has 0 bridgehead atoms. The van der Waals surface area contributed by atoms with E-state index in [1.54, 1.807) is 25.4 Å². The second-order valence-electron chi connectivity index (χ2n) is 9.45. The summed E-state index contributed by atoms with van der Waals surface area (Å²) in [6, 6.07) is 10.0. The first kappa shape index (κ1) is 25.8. The van der Waals surface area contributed by atoms with E-state index in [2.05, 4.69) is 31.4 Å². The summed E-state index contributed by atoms with van der Waals surface area (Å²) >= 11 is 1.64. The smallest absolute Gasteiger partial charge is 0.344 e. The van der Waals surface area contributed by atoms with E-state index in [0.29, 0.717) is 30.3 Å². The van der Waals surface area contributed by atoms with Crippen LogP contribution in [0, 0.1) is 0 Å². The molecule has 0 spiro atoms. The molecule has 0 fully saturated rings. The average molecular weight is 511 g/mol. The van der Waals surface area contributed by atoms with E-state index in [-0.39, 0.29) is 18.1 Å². The molecular formula is C28H34N2O5S. The topological polar surface area (TPSA) is 70.0 Å². The van der Waals surface area contributed by atoms with Gasteiger partial charge in [0.15, 0.2) is 18.1 Å². The number of benzene rings is 1. The van der Waals surface area contributed by atoms with Crippen molar-refractivity contribution in [2.45, 2.75) is 52.6 Å². The van der Waals surface area contributed by atoms with Crippen LogP contribution in [0.5, 0.6) is 11.5 Å². The molecule has 0 N–H and O–H groups in total. The molecule has 0 saturated heterocycles. The van der Waals surface area contributed by atoms with Gasteiger partial charge in [-0.1, -0.05) is 13.0 Å². The molecule has 3 aromatic rings. The van der Waals surface area contributed by atoms with Crippen molar-refractivity contribution in [2.24, 2.45) is 0 Å². The predicted octanol–water partition coefficient (Wildman–Crippen LogP) is 5.65. The van der Waals surface area contributed by atoms with Gasteiger partial charge in [0.05, 0.1) is 19.4 Å². The van der Waals surface area contributed by atoms with E-state index in [9.17, 15) is 9.59 Å². The molecule has 4 rings (SSSR count). The Balaban J connectivity index is 1.84. The Hall–Kier alpha value is -3.26. The molecule has 1 amide bonds. The quantitative estimate of drug-likeness (QED) is 0.348. The number of hydrogen-bond acceptors (Lipinski definition) is 6. The summed E-state index contributed by atoms with van der Waals surface area (Å²) in [5.41, 5.74) is 4.49. The van der Waals surface area contributed by atoms with Crippen molar-refractivity contribution in [1.82, 2.24) is 9.47 Å². The van der Waals surface area contributed by atoms with Crippen LogP contribution in [0.2, 0.25) is 0 Å². The van der Waals surface area contributed by atoms with E-state index in [1.165, 1.54) is 0 Å². The molecule has 8 heteroatoms. The molecule has 7 nitrogen and oxygen atoms in total. The van der Waals surface area contributed by atoms with Gasteiger partial charge in [0.2, 0.25) is 0 Å². The van der Waals surface area contributed by atoms with Crippen LogP contribution in [0.1, 0.15) is 50.2 Å². The van der Waals surface area contributed by atoms with Crippen LogP contribution in [0.25, 0.3) is 21.7 Å². The van der Waals surface area contributed by atoms with Crippen molar-refractivity contribution < 1.29 is 23.8 Å². The Labute approximate surface area is 216 Å². The molecule has 36 heavy (non-hydrogen) atoms. The number of carbonyl (C=O) groups is 2. The fourth-order valence-electron chi connectivity index (χ4n) is 4.43. The Morgan fingerprint density at radius 1 is 1.14 bits per heavy atom. The number of fused-ring (bicyclic) bond motifs is 3. The van der Waals surface area contributed by atoms with Gasteiger partial charge in [-0.2, -0.15) is 0 Å². The minimum absolute atomic E-state index is 0.00153.